The zero-order valence-corrected chi connectivity index (χ0v) is 23.9. The second-order valence-corrected chi connectivity index (χ2v) is 12.3. The van der Waals surface area contributed by atoms with E-state index in [1.807, 2.05) is 12.1 Å². The Kier molecular flexibility index (Phi) is 6.77. The summed E-state index contributed by atoms with van der Waals surface area (Å²) in [5.41, 5.74) is 5.58. The van der Waals surface area contributed by atoms with Crippen LogP contribution >= 0.6 is 0 Å². The van der Waals surface area contributed by atoms with E-state index in [0.29, 0.717) is 56.6 Å². The molecular formula is C33H26F2N2O4S. The van der Waals surface area contributed by atoms with E-state index in [9.17, 15) is 22.0 Å². The van der Waals surface area contributed by atoms with Gasteiger partial charge in [0, 0.05) is 54.2 Å². The van der Waals surface area contributed by atoms with Crippen LogP contribution in [0.25, 0.3) is 45.1 Å². The van der Waals surface area contributed by atoms with Crippen LogP contribution in [0.1, 0.15) is 40.5 Å². The van der Waals surface area contributed by atoms with Crippen LogP contribution < -0.4 is 4.31 Å². The van der Waals surface area contributed by atoms with E-state index < -0.39 is 15.8 Å². The third-order valence-electron chi connectivity index (χ3n) is 7.59. The molecule has 9 heteroatoms. The van der Waals surface area contributed by atoms with Crippen molar-refractivity contribution in [1.29, 1.82) is 0 Å². The number of furan rings is 1. The van der Waals surface area contributed by atoms with Gasteiger partial charge in [-0.1, -0.05) is 19.1 Å². The van der Waals surface area contributed by atoms with E-state index in [0.717, 1.165) is 21.7 Å². The number of benzene rings is 3. The Balaban J connectivity index is 1.57. The molecular weight excluding hydrogens is 558 g/mol. The van der Waals surface area contributed by atoms with Gasteiger partial charge < -0.3 is 4.42 Å². The van der Waals surface area contributed by atoms with Crippen LogP contribution in [-0.4, -0.2) is 32.5 Å². The molecule has 0 saturated heterocycles. The quantitative estimate of drug-likeness (QED) is 0.185. The molecule has 2 heterocycles. The highest BCUT2D eigenvalue weighted by Gasteiger charge is 2.26. The number of rotatable bonds is 7. The Labute approximate surface area is 242 Å². The van der Waals surface area contributed by atoms with Crippen molar-refractivity contribution in [2.45, 2.75) is 19.8 Å². The monoisotopic (exact) mass is 584 g/mol. The molecule has 0 aliphatic heterocycles. The van der Waals surface area contributed by atoms with Crippen LogP contribution in [0.3, 0.4) is 0 Å². The van der Waals surface area contributed by atoms with Crippen molar-refractivity contribution < 1.29 is 26.4 Å². The summed E-state index contributed by atoms with van der Waals surface area (Å²) in [4.78, 5) is 17.8. The average Bonchev–Trinajstić information content (AvgIpc) is 3.58. The number of hydrogen-bond acceptors (Lipinski definition) is 5. The first-order valence-corrected chi connectivity index (χ1v) is 15.2. The number of allylic oxidation sites excluding steroid dienone is 1. The summed E-state index contributed by atoms with van der Waals surface area (Å²) in [6, 6.07) is 17.6. The summed E-state index contributed by atoms with van der Waals surface area (Å²) in [5, 5.41) is 0.509. The molecule has 6 nitrogen and oxygen atoms in total. The number of nitrogens with zero attached hydrogens (tertiary/aromatic N) is 2. The number of Topliss-reactive ketones (excluding diaryl/α,β-unsaturated/α-hetero) is 1. The topological polar surface area (TPSA) is 80.5 Å². The zero-order valence-electron chi connectivity index (χ0n) is 23.1. The number of aromatic nitrogens is 1. The summed E-state index contributed by atoms with van der Waals surface area (Å²) in [7, 11) is -2.24. The predicted molar refractivity (Wildman–Crippen MR) is 161 cm³/mol. The number of sulfonamides is 1. The normalized spacial score (nSPS) is 12.8. The minimum atomic E-state index is -3.69. The maximum atomic E-state index is 14.4. The second kappa shape index (κ2) is 10.3. The van der Waals surface area contributed by atoms with Gasteiger partial charge >= 0.3 is 0 Å². The number of ketones is 1. The number of carbonyl (C=O) groups is 1. The van der Waals surface area contributed by atoms with Gasteiger partial charge in [0.15, 0.2) is 5.78 Å². The van der Waals surface area contributed by atoms with Gasteiger partial charge in [-0.3, -0.25) is 14.1 Å². The highest BCUT2D eigenvalue weighted by Crippen LogP contribution is 2.42. The first-order chi connectivity index (χ1) is 20.0. The molecule has 212 valence electrons. The molecule has 0 amide bonds. The van der Waals surface area contributed by atoms with Crippen molar-refractivity contribution in [3.05, 3.63) is 107 Å². The van der Waals surface area contributed by atoms with Crippen LogP contribution in [0, 0.1) is 11.6 Å². The smallest absolute Gasteiger partial charge is 0.232 e. The average molecular weight is 585 g/mol. The zero-order chi connectivity index (χ0) is 29.8. The minimum Gasteiger partial charge on any atom is -0.455 e. The fourth-order valence-electron chi connectivity index (χ4n) is 5.33. The molecule has 2 aromatic heterocycles. The van der Waals surface area contributed by atoms with E-state index in [1.54, 1.807) is 43.5 Å². The molecule has 0 atom stereocenters. The summed E-state index contributed by atoms with van der Waals surface area (Å²) >= 11 is 0. The second-order valence-electron chi connectivity index (χ2n) is 10.3. The molecule has 1 aliphatic carbocycles. The fraction of sp³-hybridized carbons (Fsp3) is 0.152. The Morgan fingerprint density at radius 2 is 1.79 bits per heavy atom. The Hall–Kier alpha value is -4.63. The molecule has 0 bridgehead atoms. The predicted octanol–water partition coefficient (Wildman–Crippen LogP) is 7.53. The molecule has 42 heavy (non-hydrogen) atoms. The van der Waals surface area contributed by atoms with Crippen molar-refractivity contribution in [3.63, 3.8) is 0 Å². The highest BCUT2D eigenvalue weighted by atomic mass is 32.2. The molecule has 0 unspecified atom stereocenters. The number of hydrogen-bond donors (Lipinski definition) is 0. The van der Waals surface area contributed by atoms with Crippen LogP contribution in [0.4, 0.5) is 14.5 Å². The molecule has 1 aliphatic rings. The maximum absolute atomic E-state index is 14.4. The Morgan fingerprint density at radius 1 is 1.02 bits per heavy atom. The van der Waals surface area contributed by atoms with Crippen molar-refractivity contribution >= 4 is 44.1 Å². The molecule has 0 spiro atoms. The van der Waals surface area contributed by atoms with Crippen molar-refractivity contribution in [3.8, 4) is 22.5 Å². The minimum absolute atomic E-state index is 0.172. The number of pyridine rings is 1. The van der Waals surface area contributed by atoms with Gasteiger partial charge in [0.25, 0.3) is 0 Å². The third-order valence-corrected chi connectivity index (χ3v) is 8.78. The lowest BCUT2D eigenvalue weighted by Crippen LogP contribution is -2.25. The summed E-state index contributed by atoms with van der Waals surface area (Å²) < 4.78 is 60.9. The summed E-state index contributed by atoms with van der Waals surface area (Å²) in [6.07, 6.45) is 5.22. The largest absolute Gasteiger partial charge is 0.455 e. The van der Waals surface area contributed by atoms with E-state index in [2.05, 4.69) is 4.98 Å². The molecule has 0 radical (unpaired) electrons. The van der Waals surface area contributed by atoms with E-state index in [4.69, 9.17) is 4.42 Å². The van der Waals surface area contributed by atoms with Crippen LogP contribution in [0.2, 0.25) is 0 Å². The first kappa shape index (κ1) is 27.5. The SMILES string of the molecule is CCC(=O)c1c(-c2ccc(F)cc2)oc2cc(N(C)S(C)(=O)=O)c(-c3ccnc(C4=Cc5c(F)cccc5C4)c3)cc12. The van der Waals surface area contributed by atoms with Crippen molar-refractivity contribution in [1.82, 2.24) is 4.98 Å². The Morgan fingerprint density at radius 3 is 2.48 bits per heavy atom. The molecule has 0 fully saturated rings. The van der Waals surface area contributed by atoms with Crippen molar-refractivity contribution in [2.24, 2.45) is 0 Å². The van der Waals surface area contributed by atoms with Gasteiger partial charge in [-0.15, -0.1) is 0 Å². The van der Waals surface area contributed by atoms with E-state index >= 15 is 0 Å². The molecule has 0 N–H and O–H groups in total. The third kappa shape index (κ3) is 4.79. The lowest BCUT2D eigenvalue weighted by atomic mass is 9.96. The van der Waals surface area contributed by atoms with Gasteiger partial charge in [-0.05, 0) is 71.3 Å². The summed E-state index contributed by atoms with van der Waals surface area (Å²) in [6.45, 7) is 1.74. The standard InChI is InChI=1S/C33H26F2N2O4S/c1-4-30(38)32-26-17-25(21-12-13-36-28(16-21)22-14-20-6-5-7-27(35)24(20)15-22)29(37(2)42(3,39)40)18-31(26)41-33(32)19-8-10-23(34)11-9-19/h5-13,15-18H,4,14H2,1-3H3. The lowest BCUT2D eigenvalue weighted by molar-refractivity contribution is 0.0989. The fourth-order valence-corrected chi connectivity index (χ4v) is 5.84. The lowest BCUT2D eigenvalue weighted by Gasteiger charge is -2.21. The van der Waals surface area contributed by atoms with E-state index in [1.165, 1.54) is 37.4 Å². The van der Waals surface area contributed by atoms with Crippen LogP contribution in [0.5, 0.6) is 0 Å². The molecule has 3 aromatic carbocycles. The van der Waals surface area contributed by atoms with E-state index in [-0.39, 0.29) is 23.8 Å². The first-order valence-electron chi connectivity index (χ1n) is 13.3. The number of anilines is 1. The number of halogens is 2. The molecule has 5 aromatic rings. The van der Waals surface area contributed by atoms with Crippen molar-refractivity contribution in [2.75, 3.05) is 17.6 Å². The van der Waals surface area contributed by atoms with Gasteiger partial charge in [0.2, 0.25) is 10.0 Å². The molecule has 0 saturated carbocycles. The van der Waals surface area contributed by atoms with Gasteiger partial charge in [-0.2, -0.15) is 0 Å². The summed E-state index contributed by atoms with van der Waals surface area (Å²) in [5.74, 6) is -0.608. The van der Waals surface area contributed by atoms with Gasteiger partial charge in [0.1, 0.15) is 23.0 Å². The highest BCUT2D eigenvalue weighted by molar-refractivity contribution is 7.92. The Bertz CT molecular complexity index is 2030. The maximum Gasteiger partial charge on any atom is 0.232 e. The van der Waals surface area contributed by atoms with Gasteiger partial charge in [-0.25, -0.2) is 17.2 Å². The molecule has 6 rings (SSSR count). The van der Waals surface area contributed by atoms with Crippen LogP contribution in [0.15, 0.2) is 77.3 Å². The number of fused-ring (bicyclic) bond motifs is 2. The van der Waals surface area contributed by atoms with Gasteiger partial charge in [0.05, 0.1) is 23.2 Å². The van der Waals surface area contributed by atoms with Crippen LogP contribution in [-0.2, 0) is 16.4 Å². The number of carbonyl (C=O) groups excluding carboxylic acids is 1.